The van der Waals surface area contributed by atoms with Crippen molar-refractivity contribution in [3.63, 3.8) is 0 Å². The average Bonchev–Trinajstić information content (AvgIpc) is 2.44. The van der Waals surface area contributed by atoms with E-state index < -0.39 is 0 Å². The van der Waals surface area contributed by atoms with Crippen molar-refractivity contribution in [2.45, 2.75) is 13.8 Å². The topological polar surface area (TPSA) is 38.3 Å². The summed E-state index contributed by atoms with van der Waals surface area (Å²) < 4.78 is 5.80. The van der Waals surface area contributed by atoms with E-state index in [1.165, 1.54) is 11.6 Å². The Bertz CT molecular complexity index is 615. The van der Waals surface area contributed by atoms with E-state index in [2.05, 4.69) is 5.32 Å². The predicted octanol–water partition coefficient (Wildman–Crippen LogP) is 4.30. The quantitative estimate of drug-likeness (QED) is 0.839. The molecular weight excluding hydrogens is 250 g/mol. The Balaban J connectivity index is 2.19. The number of allylic oxidation sites excluding steroid dienone is 1. The Morgan fingerprint density at radius 1 is 1.10 bits per heavy atom. The van der Waals surface area contributed by atoms with Crippen LogP contribution in [0.1, 0.15) is 12.5 Å². The number of benzene rings is 2. The summed E-state index contributed by atoms with van der Waals surface area (Å²) in [7, 11) is 0. The third-order valence-corrected chi connectivity index (χ3v) is 2.71. The number of carbonyl (C=O) groups is 1. The van der Waals surface area contributed by atoms with Crippen LogP contribution in [0, 0.1) is 6.92 Å². The number of anilines is 1. The number of aryl methyl sites for hydroxylation is 1. The fourth-order valence-corrected chi connectivity index (χ4v) is 1.72. The van der Waals surface area contributed by atoms with E-state index >= 15 is 0 Å². The number of ether oxygens (including phenoxy) is 1. The van der Waals surface area contributed by atoms with Gasteiger partial charge in [0, 0.05) is 0 Å². The molecule has 0 aromatic heterocycles. The first kappa shape index (κ1) is 13.9. The summed E-state index contributed by atoms with van der Waals surface area (Å²) in [6.45, 7) is 3.82. The molecule has 0 aliphatic heterocycles. The highest BCUT2D eigenvalue weighted by Gasteiger charge is 2.06. The Labute approximate surface area is 118 Å². The van der Waals surface area contributed by atoms with Gasteiger partial charge in [0.1, 0.15) is 5.75 Å². The Hall–Kier alpha value is -2.55. The van der Waals surface area contributed by atoms with Gasteiger partial charge in [-0.25, -0.2) is 0 Å². The van der Waals surface area contributed by atoms with Crippen LogP contribution < -0.4 is 10.1 Å². The fourth-order valence-electron chi connectivity index (χ4n) is 1.72. The minimum Gasteiger partial charge on any atom is -0.455 e. The van der Waals surface area contributed by atoms with Crippen LogP contribution in [0.3, 0.4) is 0 Å². The van der Waals surface area contributed by atoms with Crippen LogP contribution in [0.2, 0.25) is 0 Å². The summed E-state index contributed by atoms with van der Waals surface area (Å²) in [6, 6.07) is 15.1. The zero-order chi connectivity index (χ0) is 14.4. The third-order valence-electron chi connectivity index (χ3n) is 2.71. The number of amides is 1. The molecule has 1 N–H and O–H groups in total. The molecule has 2 aromatic rings. The number of carbonyl (C=O) groups excluding carboxylic acids is 1. The second-order valence-electron chi connectivity index (χ2n) is 4.40. The van der Waals surface area contributed by atoms with Crippen molar-refractivity contribution in [3.05, 3.63) is 66.2 Å². The molecule has 0 bridgehead atoms. The van der Waals surface area contributed by atoms with Crippen LogP contribution in [0.15, 0.2) is 60.7 Å². The number of hydrogen-bond acceptors (Lipinski definition) is 2. The first-order valence-corrected chi connectivity index (χ1v) is 6.46. The van der Waals surface area contributed by atoms with Crippen LogP contribution in [-0.2, 0) is 4.79 Å². The maximum absolute atomic E-state index is 11.6. The molecule has 0 heterocycles. The normalized spacial score (nSPS) is 10.5. The lowest BCUT2D eigenvalue weighted by Crippen LogP contribution is -2.08. The van der Waals surface area contributed by atoms with Gasteiger partial charge in [-0.1, -0.05) is 35.9 Å². The van der Waals surface area contributed by atoms with Crippen molar-refractivity contribution >= 4 is 11.6 Å². The van der Waals surface area contributed by atoms with Gasteiger partial charge >= 0.3 is 0 Å². The Kier molecular flexibility index (Phi) is 4.56. The van der Waals surface area contributed by atoms with Crippen LogP contribution in [0.5, 0.6) is 11.5 Å². The SMILES string of the molecule is C/C=C/C(=O)Nc1ccccc1Oc1ccc(C)cc1. The molecule has 3 nitrogen and oxygen atoms in total. The molecule has 0 unspecified atom stereocenters. The van der Waals surface area contributed by atoms with E-state index in [9.17, 15) is 4.79 Å². The molecule has 0 spiro atoms. The Morgan fingerprint density at radius 3 is 2.50 bits per heavy atom. The zero-order valence-electron chi connectivity index (χ0n) is 11.6. The molecule has 0 radical (unpaired) electrons. The van der Waals surface area contributed by atoms with E-state index in [-0.39, 0.29) is 5.91 Å². The molecular formula is C17H17NO2. The van der Waals surface area contributed by atoms with Gasteiger partial charge in [0.2, 0.25) is 5.91 Å². The van der Waals surface area contributed by atoms with Gasteiger partial charge in [0.25, 0.3) is 0 Å². The highest BCUT2D eigenvalue weighted by atomic mass is 16.5. The van der Waals surface area contributed by atoms with Crippen LogP contribution >= 0.6 is 0 Å². The van der Waals surface area contributed by atoms with Crippen LogP contribution in [-0.4, -0.2) is 5.91 Å². The number of para-hydroxylation sites is 2. The van der Waals surface area contributed by atoms with Crippen molar-refractivity contribution in [1.82, 2.24) is 0 Å². The van der Waals surface area contributed by atoms with Gasteiger partial charge < -0.3 is 10.1 Å². The highest BCUT2D eigenvalue weighted by molar-refractivity contribution is 6.00. The smallest absolute Gasteiger partial charge is 0.248 e. The molecule has 102 valence electrons. The minimum absolute atomic E-state index is 0.174. The molecule has 0 saturated heterocycles. The molecule has 0 fully saturated rings. The van der Waals surface area contributed by atoms with Crippen molar-refractivity contribution < 1.29 is 9.53 Å². The van der Waals surface area contributed by atoms with Crippen molar-refractivity contribution in [2.24, 2.45) is 0 Å². The zero-order valence-corrected chi connectivity index (χ0v) is 11.6. The summed E-state index contributed by atoms with van der Waals surface area (Å²) in [5.74, 6) is 1.19. The minimum atomic E-state index is -0.174. The number of hydrogen-bond donors (Lipinski definition) is 1. The van der Waals surface area contributed by atoms with Gasteiger partial charge in [-0.05, 0) is 44.2 Å². The molecule has 20 heavy (non-hydrogen) atoms. The highest BCUT2D eigenvalue weighted by Crippen LogP contribution is 2.29. The molecule has 0 aliphatic carbocycles. The maximum atomic E-state index is 11.6. The van der Waals surface area contributed by atoms with E-state index in [1.807, 2.05) is 55.5 Å². The van der Waals surface area contributed by atoms with Crippen molar-refractivity contribution in [1.29, 1.82) is 0 Å². The molecule has 0 aliphatic rings. The second kappa shape index (κ2) is 6.57. The van der Waals surface area contributed by atoms with Gasteiger partial charge in [-0.2, -0.15) is 0 Å². The second-order valence-corrected chi connectivity index (χ2v) is 4.40. The van der Waals surface area contributed by atoms with Crippen molar-refractivity contribution in [3.8, 4) is 11.5 Å². The van der Waals surface area contributed by atoms with Crippen molar-refractivity contribution in [2.75, 3.05) is 5.32 Å². The van der Waals surface area contributed by atoms with E-state index in [1.54, 1.807) is 13.0 Å². The lowest BCUT2D eigenvalue weighted by Gasteiger charge is -2.11. The molecule has 0 saturated carbocycles. The van der Waals surface area contributed by atoms with Crippen LogP contribution in [0.25, 0.3) is 0 Å². The van der Waals surface area contributed by atoms with Gasteiger partial charge in [-0.15, -0.1) is 0 Å². The summed E-state index contributed by atoms with van der Waals surface area (Å²) >= 11 is 0. The largest absolute Gasteiger partial charge is 0.455 e. The Morgan fingerprint density at radius 2 is 1.80 bits per heavy atom. The van der Waals surface area contributed by atoms with Gasteiger partial charge in [0.15, 0.2) is 5.75 Å². The predicted molar refractivity (Wildman–Crippen MR) is 81.1 cm³/mol. The summed E-state index contributed by atoms with van der Waals surface area (Å²) in [5.41, 5.74) is 1.82. The molecule has 1 amide bonds. The molecule has 2 rings (SSSR count). The van der Waals surface area contributed by atoms with E-state index in [0.717, 1.165) is 5.75 Å². The average molecular weight is 267 g/mol. The lowest BCUT2D eigenvalue weighted by molar-refractivity contribution is -0.111. The first-order chi connectivity index (χ1) is 9.69. The monoisotopic (exact) mass is 267 g/mol. The third kappa shape index (κ3) is 3.72. The number of nitrogens with one attached hydrogen (secondary N) is 1. The van der Waals surface area contributed by atoms with Gasteiger partial charge in [0.05, 0.1) is 5.69 Å². The summed E-state index contributed by atoms with van der Waals surface area (Å²) in [6.07, 6.45) is 3.17. The molecule has 0 atom stereocenters. The fraction of sp³-hybridized carbons (Fsp3) is 0.118. The first-order valence-electron chi connectivity index (χ1n) is 6.46. The van der Waals surface area contributed by atoms with Crippen LogP contribution in [0.4, 0.5) is 5.69 Å². The van der Waals surface area contributed by atoms with E-state index in [0.29, 0.717) is 11.4 Å². The van der Waals surface area contributed by atoms with Gasteiger partial charge in [-0.3, -0.25) is 4.79 Å². The molecule has 2 aromatic carbocycles. The summed E-state index contributed by atoms with van der Waals surface area (Å²) in [4.78, 5) is 11.6. The maximum Gasteiger partial charge on any atom is 0.248 e. The lowest BCUT2D eigenvalue weighted by atomic mass is 10.2. The molecule has 3 heteroatoms. The standard InChI is InChI=1S/C17H17NO2/c1-3-6-17(19)18-15-7-4-5-8-16(15)20-14-11-9-13(2)10-12-14/h3-12H,1-2H3,(H,18,19)/b6-3+. The number of rotatable bonds is 4. The summed E-state index contributed by atoms with van der Waals surface area (Å²) in [5, 5.41) is 2.79. The van der Waals surface area contributed by atoms with E-state index in [4.69, 9.17) is 4.74 Å².